The van der Waals surface area contributed by atoms with Gasteiger partial charge in [-0.3, -0.25) is 0 Å². The van der Waals surface area contributed by atoms with Crippen LogP contribution in [0.1, 0.15) is 5.56 Å². The lowest BCUT2D eigenvalue weighted by molar-refractivity contribution is 0.614. The minimum atomic E-state index is -2.56. The smallest absolute Gasteiger partial charge is 0.168 e. The topological polar surface area (TPSA) is 46.2 Å². The maximum atomic E-state index is 10.8. The first-order valence-electron chi connectivity index (χ1n) is 3.77. The molecule has 0 amide bonds. The SMILES string of the molecule is C=C(NC)c1ccccc1[SH](=O)=O. The summed E-state index contributed by atoms with van der Waals surface area (Å²) in [4.78, 5) is 0.303. The molecule has 13 heavy (non-hydrogen) atoms. The molecule has 1 rings (SSSR count). The Bertz CT molecular complexity index is 388. The quantitative estimate of drug-likeness (QED) is 0.706. The van der Waals surface area contributed by atoms with Gasteiger partial charge in [0.25, 0.3) is 0 Å². The molecule has 70 valence electrons. The van der Waals surface area contributed by atoms with Crippen LogP contribution in [-0.2, 0) is 10.7 Å². The molecule has 4 heteroatoms. The first-order valence-corrected chi connectivity index (χ1v) is 4.95. The first kappa shape index (κ1) is 9.80. The maximum Gasteiger partial charge on any atom is 0.168 e. The van der Waals surface area contributed by atoms with E-state index in [1.54, 1.807) is 31.3 Å². The predicted molar refractivity (Wildman–Crippen MR) is 53.1 cm³/mol. The van der Waals surface area contributed by atoms with Crippen molar-refractivity contribution in [2.45, 2.75) is 4.90 Å². The summed E-state index contributed by atoms with van der Waals surface area (Å²) in [5, 5.41) is 2.81. The van der Waals surface area contributed by atoms with Gasteiger partial charge < -0.3 is 5.32 Å². The summed E-state index contributed by atoms with van der Waals surface area (Å²) in [6.07, 6.45) is 0. The minimum absolute atomic E-state index is 0.303. The molecule has 0 radical (unpaired) electrons. The highest BCUT2D eigenvalue weighted by Crippen LogP contribution is 2.15. The van der Waals surface area contributed by atoms with E-state index < -0.39 is 10.7 Å². The van der Waals surface area contributed by atoms with Gasteiger partial charge in [0.2, 0.25) is 0 Å². The minimum Gasteiger partial charge on any atom is -0.388 e. The van der Waals surface area contributed by atoms with Gasteiger partial charge in [-0.25, -0.2) is 8.42 Å². The van der Waals surface area contributed by atoms with E-state index in [2.05, 4.69) is 11.9 Å². The molecule has 0 spiro atoms. The van der Waals surface area contributed by atoms with Crippen LogP contribution in [-0.4, -0.2) is 15.5 Å². The summed E-state index contributed by atoms with van der Waals surface area (Å²) in [6.45, 7) is 3.71. The lowest BCUT2D eigenvalue weighted by Gasteiger charge is -2.06. The molecule has 0 bridgehead atoms. The van der Waals surface area contributed by atoms with Gasteiger partial charge in [-0.2, -0.15) is 0 Å². The van der Waals surface area contributed by atoms with E-state index in [0.717, 1.165) is 0 Å². The van der Waals surface area contributed by atoms with Crippen LogP contribution in [0.2, 0.25) is 0 Å². The molecule has 1 N–H and O–H groups in total. The highest BCUT2D eigenvalue weighted by atomic mass is 32.2. The molecule has 0 atom stereocenters. The highest BCUT2D eigenvalue weighted by Gasteiger charge is 2.04. The third kappa shape index (κ3) is 2.09. The van der Waals surface area contributed by atoms with Crippen LogP contribution in [0, 0.1) is 0 Å². The average molecular weight is 197 g/mol. The van der Waals surface area contributed by atoms with Crippen molar-refractivity contribution in [2.75, 3.05) is 7.05 Å². The van der Waals surface area contributed by atoms with Crippen molar-refractivity contribution in [3.8, 4) is 0 Å². The Kier molecular flexibility index (Phi) is 3.08. The summed E-state index contributed by atoms with van der Waals surface area (Å²) < 4.78 is 21.6. The van der Waals surface area contributed by atoms with Crippen LogP contribution in [0.4, 0.5) is 0 Å². The molecule has 0 aliphatic heterocycles. The monoisotopic (exact) mass is 197 g/mol. The zero-order chi connectivity index (χ0) is 9.84. The fourth-order valence-corrected chi connectivity index (χ4v) is 1.64. The van der Waals surface area contributed by atoms with Crippen LogP contribution in [0.15, 0.2) is 35.7 Å². The fraction of sp³-hybridized carbons (Fsp3) is 0.111. The largest absolute Gasteiger partial charge is 0.388 e. The van der Waals surface area contributed by atoms with Crippen LogP contribution in [0.25, 0.3) is 5.70 Å². The van der Waals surface area contributed by atoms with Crippen molar-refractivity contribution < 1.29 is 8.42 Å². The van der Waals surface area contributed by atoms with Crippen molar-refractivity contribution in [3.63, 3.8) is 0 Å². The van der Waals surface area contributed by atoms with Gasteiger partial charge in [-0.15, -0.1) is 0 Å². The van der Waals surface area contributed by atoms with Gasteiger partial charge in [0.05, 0.1) is 4.90 Å². The molecule has 0 saturated carbocycles. The molecule has 0 fully saturated rings. The third-order valence-corrected chi connectivity index (χ3v) is 2.51. The van der Waals surface area contributed by atoms with Gasteiger partial charge >= 0.3 is 0 Å². The summed E-state index contributed by atoms with van der Waals surface area (Å²) in [7, 11) is -0.850. The molecule has 0 unspecified atom stereocenters. The van der Waals surface area contributed by atoms with E-state index in [4.69, 9.17) is 0 Å². The maximum absolute atomic E-state index is 10.8. The van der Waals surface area contributed by atoms with Gasteiger partial charge in [0.1, 0.15) is 0 Å². The normalized spacial score (nSPS) is 10.0. The number of hydrogen-bond donors (Lipinski definition) is 2. The first-order chi connectivity index (χ1) is 6.16. The number of rotatable bonds is 3. The van der Waals surface area contributed by atoms with E-state index in [9.17, 15) is 8.42 Å². The second-order valence-corrected chi connectivity index (χ2v) is 3.50. The second-order valence-electron chi connectivity index (χ2n) is 2.50. The van der Waals surface area contributed by atoms with Gasteiger partial charge in [0.15, 0.2) is 10.7 Å². The lowest BCUT2D eigenvalue weighted by Crippen LogP contribution is -2.04. The number of thiol groups is 1. The Morgan fingerprint density at radius 3 is 2.54 bits per heavy atom. The van der Waals surface area contributed by atoms with Crippen molar-refractivity contribution >= 4 is 16.4 Å². The number of hydrogen-bond acceptors (Lipinski definition) is 3. The van der Waals surface area contributed by atoms with E-state index in [0.29, 0.717) is 16.2 Å². The fourth-order valence-electron chi connectivity index (χ4n) is 1.02. The summed E-state index contributed by atoms with van der Waals surface area (Å²) in [6, 6.07) is 6.75. The Balaban J connectivity index is 3.27. The van der Waals surface area contributed by atoms with Crippen LogP contribution in [0.5, 0.6) is 0 Å². The third-order valence-electron chi connectivity index (χ3n) is 1.73. The van der Waals surface area contributed by atoms with Crippen molar-refractivity contribution in [3.05, 3.63) is 36.4 Å². The van der Waals surface area contributed by atoms with Crippen molar-refractivity contribution in [1.29, 1.82) is 0 Å². The Labute approximate surface area is 79.0 Å². The van der Waals surface area contributed by atoms with Crippen LogP contribution < -0.4 is 5.32 Å². The van der Waals surface area contributed by atoms with Gasteiger partial charge in [-0.05, 0) is 6.07 Å². The van der Waals surface area contributed by atoms with Crippen molar-refractivity contribution in [2.24, 2.45) is 0 Å². The summed E-state index contributed by atoms with van der Waals surface area (Å²) >= 11 is 0. The molecular formula is C9H11NO2S. The zero-order valence-corrected chi connectivity index (χ0v) is 8.17. The molecule has 1 aromatic rings. The Morgan fingerprint density at radius 1 is 1.38 bits per heavy atom. The summed E-state index contributed by atoms with van der Waals surface area (Å²) in [5.74, 6) is 0. The van der Waals surface area contributed by atoms with E-state index >= 15 is 0 Å². The second kappa shape index (κ2) is 4.09. The number of benzene rings is 1. The van der Waals surface area contributed by atoms with Gasteiger partial charge in [0, 0.05) is 18.3 Å². The average Bonchev–Trinajstić information content (AvgIpc) is 2.16. The molecular weight excluding hydrogens is 186 g/mol. The molecule has 0 heterocycles. The van der Waals surface area contributed by atoms with E-state index in [-0.39, 0.29) is 0 Å². The lowest BCUT2D eigenvalue weighted by atomic mass is 10.2. The Hall–Kier alpha value is -1.29. The standard InChI is InChI=1S/C9H11NO2S/c1-7(10-2)8-5-3-4-6-9(8)13(11)12/h3-6,10,13H,1H2,2H3. The molecule has 1 aromatic carbocycles. The molecule has 0 aliphatic rings. The Morgan fingerprint density at radius 2 is 2.00 bits per heavy atom. The van der Waals surface area contributed by atoms with E-state index in [1.165, 1.54) is 0 Å². The number of nitrogens with one attached hydrogen (secondary N) is 1. The van der Waals surface area contributed by atoms with Crippen molar-refractivity contribution in [1.82, 2.24) is 5.32 Å². The van der Waals surface area contributed by atoms with Gasteiger partial charge in [-0.1, -0.05) is 24.8 Å². The molecule has 0 aromatic heterocycles. The zero-order valence-electron chi connectivity index (χ0n) is 7.28. The molecule has 0 aliphatic carbocycles. The highest BCUT2D eigenvalue weighted by molar-refractivity contribution is 7.72. The molecule has 3 nitrogen and oxygen atoms in total. The van der Waals surface area contributed by atoms with Crippen LogP contribution >= 0.6 is 0 Å². The predicted octanol–water partition coefficient (Wildman–Crippen LogP) is 0.847. The summed E-state index contributed by atoms with van der Waals surface area (Å²) in [5.41, 5.74) is 1.23. The van der Waals surface area contributed by atoms with Crippen LogP contribution in [0.3, 0.4) is 0 Å². The van der Waals surface area contributed by atoms with E-state index in [1.807, 2.05) is 0 Å². The molecule has 0 saturated heterocycles.